The fourth-order valence-electron chi connectivity index (χ4n) is 6.19. The summed E-state index contributed by atoms with van der Waals surface area (Å²) in [6.07, 6.45) is 5.52. The van der Waals surface area contributed by atoms with E-state index in [2.05, 4.69) is 5.32 Å². The molecule has 1 amide bonds. The molecule has 2 saturated heterocycles. The average molecular weight is 665 g/mol. The number of piperazine rings is 1. The molecule has 0 aromatic carbocycles. The second kappa shape index (κ2) is 17.1. The van der Waals surface area contributed by atoms with Crippen LogP contribution in [0.1, 0.15) is 80.6 Å². The largest absolute Gasteiger partial charge is 0.457 e. The Bertz CT molecular complexity index is 1160. The van der Waals surface area contributed by atoms with Gasteiger partial charge in [0.25, 0.3) is 0 Å². The van der Waals surface area contributed by atoms with Gasteiger partial charge in [0, 0.05) is 51.4 Å². The number of carbonyl (C=O) groups excluding carboxylic acids is 3. The number of hydrogen-bond donors (Lipinski definition) is 4. The standard InChI is InChI=1S/C35H56N2O10/c1-8-27(40)24(4)32-28(45-32)21-34(6,43)14-9-10-22(2)31-23(3)11-12-29(44-25(5)38)35(7,15-13-26(39)20-30(41)46-31)47-33(42)37-18-16-36-17-19-37/h9-12,14,23-24,26-29,31-32,36,39-40,43H,8,13,15-21H2,1-7H3/b12-11+,14-9+,22-10+/t23-,24?,26-,27?,28+,29-,31+,32+,34?,35-/m0/s1. The van der Waals surface area contributed by atoms with Gasteiger partial charge >= 0.3 is 18.0 Å². The molecule has 0 aromatic heterocycles. The number of nitrogens with one attached hydrogen (secondary N) is 1. The Morgan fingerprint density at radius 3 is 2.57 bits per heavy atom. The van der Waals surface area contributed by atoms with Crippen molar-refractivity contribution in [2.24, 2.45) is 11.8 Å². The summed E-state index contributed by atoms with van der Waals surface area (Å²) in [6.45, 7) is 14.4. The highest BCUT2D eigenvalue weighted by Crippen LogP contribution is 2.37. The highest BCUT2D eigenvalue weighted by atomic mass is 16.6. The number of esters is 2. The third kappa shape index (κ3) is 11.7. The molecule has 0 saturated carbocycles. The van der Waals surface area contributed by atoms with Crippen molar-refractivity contribution in [1.29, 1.82) is 0 Å². The SMILES string of the molecule is CCC(O)C(C)[C@H]1O[C@@H]1CC(C)(O)/C=C/C=C(\C)[C@H]1OC(=O)C[C@@H](O)CC[C@](C)(OC(=O)N2CCNCC2)[C@@H](OC(C)=O)/C=C/[C@@H]1C. The molecule has 2 fully saturated rings. The number of rotatable bonds is 10. The van der Waals surface area contributed by atoms with Gasteiger partial charge in [-0.25, -0.2) is 4.79 Å². The smallest absolute Gasteiger partial charge is 0.410 e. The summed E-state index contributed by atoms with van der Waals surface area (Å²) in [7, 11) is 0. The Balaban J connectivity index is 1.80. The van der Waals surface area contributed by atoms with Crippen LogP contribution in [-0.2, 0) is 28.5 Å². The number of hydrogen-bond acceptors (Lipinski definition) is 11. The maximum absolute atomic E-state index is 13.2. The summed E-state index contributed by atoms with van der Waals surface area (Å²) < 4.78 is 23.3. The van der Waals surface area contributed by atoms with Gasteiger partial charge in [-0.05, 0) is 51.7 Å². The van der Waals surface area contributed by atoms with E-state index in [9.17, 15) is 29.7 Å². The van der Waals surface area contributed by atoms with Crippen LogP contribution >= 0.6 is 0 Å². The van der Waals surface area contributed by atoms with Crippen LogP contribution in [0.4, 0.5) is 4.79 Å². The van der Waals surface area contributed by atoms with Crippen LogP contribution in [0.3, 0.4) is 0 Å². The van der Waals surface area contributed by atoms with Crippen LogP contribution in [0.2, 0.25) is 0 Å². The zero-order chi connectivity index (χ0) is 34.9. The van der Waals surface area contributed by atoms with Crippen LogP contribution in [0.15, 0.2) is 36.0 Å². The fourth-order valence-corrected chi connectivity index (χ4v) is 6.19. The van der Waals surface area contributed by atoms with Crippen LogP contribution in [0.25, 0.3) is 0 Å². The molecule has 4 N–H and O–H groups in total. The monoisotopic (exact) mass is 664 g/mol. The van der Waals surface area contributed by atoms with Crippen molar-refractivity contribution < 1.29 is 48.7 Å². The maximum atomic E-state index is 13.2. The number of cyclic esters (lactones) is 1. The summed E-state index contributed by atoms with van der Waals surface area (Å²) in [5.74, 6) is -1.56. The first-order chi connectivity index (χ1) is 22.0. The van der Waals surface area contributed by atoms with Gasteiger partial charge in [0.05, 0.1) is 36.4 Å². The number of epoxide rings is 1. The Labute approximate surface area is 279 Å². The summed E-state index contributed by atoms with van der Waals surface area (Å²) >= 11 is 0. The molecule has 0 spiro atoms. The minimum atomic E-state index is -1.32. The van der Waals surface area contributed by atoms with Crippen molar-refractivity contribution in [3.05, 3.63) is 36.0 Å². The lowest BCUT2D eigenvalue weighted by molar-refractivity contribution is -0.158. The van der Waals surface area contributed by atoms with Crippen molar-refractivity contribution in [2.45, 2.75) is 128 Å². The first-order valence-corrected chi connectivity index (χ1v) is 16.9. The minimum Gasteiger partial charge on any atom is -0.457 e. The van der Waals surface area contributed by atoms with E-state index in [1.54, 1.807) is 56.1 Å². The van der Waals surface area contributed by atoms with E-state index in [4.69, 9.17) is 18.9 Å². The lowest BCUT2D eigenvalue weighted by atomic mass is 9.88. The lowest BCUT2D eigenvalue weighted by Crippen LogP contribution is -2.52. The topological polar surface area (TPSA) is 167 Å². The van der Waals surface area contributed by atoms with E-state index in [1.807, 2.05) is 20.8 Å². The second-order valence-corrected chi connectivity index (χ2v) is 13.8. The molecule has 0 bridgehead atoms. The van der Waals surface area contributed by atoms with E-state index in [1.165, 1.54) is 6.92 Å². The summed E-state index contributed by atoms with van der Waals surface area (Å²) in [6, 6.07) is 0. The first-order valence-electron chi connectivity index (χ1n) is 16.9. The summed E-state index contributed by atoms with van der Waals surface area (Å²) in [5.41, 5.74) is -1.80. The molecule has 47 heavy (non-hydrogen) atoms. The molecular weight excluding hydrogens is 608 g/mol. The van der Waals surface area contributed by atoms with Crippen molar-refractivity contribution in [2.75, 3.05) is 26.2 Å². The summed E-state index contributed by atoms with van der Waals surface area (Å²) in [5, 5.41) is 35.1. The van der Waals surface area contributed by atoms with Crippen LogP contribution in [-0.4, -0.2) is 112 Å². The van der Waals surface area contributed by atoms with Crippen molar-refractivity contribution >= 4 is 18.0 Å². The molecule has 3 unspecified atom stereocenters. The normalized spacial score (nSPS) is 34.2. The first kappa shape index (κ1) is 38.7. The zero-order valence-electron chi connectivity index (χ0n) is 29.0. The third-order valence-electron chi connectivity index (χ3n) is 9.33. The van der Waals surface area contributed by atoms with Crippen molar-refractivity contribution in [3.63, 3.8) is 0 Å². The van der Waals surface area contributed by atoms with Crippen LogP contribution < -0.4 is 5.32 Å². The Morgan fingerprint density at radius 1 is 1.26 bits per heavy atom. The number of aliphatic hydroxyl groups is 3. The van der Waals surface area contributed by atoms with Gasteiger partial charge in [-0.15, -0.1) is 0 Å². The molecule has 12 heteroatoms. The van der Waals surface area contributed by atoms with E-state index in [-0.39, 0.29) is 37.4 Å². The zero-order valence-corrected chi connectivity index (χ0v) is 29.0. The van der Waals surface area contributed by atoms with Gasteiger partial charge in [0.2, 0.25) is 0 Å². The molecule has 10 atom stereocenters. The Morgan fingerprint density at radius 2 is 1.94 bits per heavy atom. The Kier molecular flexibility index (Phi) is 14.0. The Hall–Kier alpha value is -2.77. The van der Waals surface area contributed by atoms with Gasteiger partial charge in [-0.1, -0.05) is 45.1 Å². The molecule has 3 aliphatic rings. The molecule has 3 rings (SSSR count). The van der Waals surface area contributed by atoms with Gasteiger partial charge in [0.1, 0.15) is 6.10 Å². The number of allylic oxidation sites excluding steroid dienone is 2. The van der Waals surface area contributed by atoms with Crippen molar-refractivity contribution in [1.82, 2.24) is 10.2 Å². The second-order valence-electron chi connectivity index (χ2n) is 13.8. The van der Waals surface area contributed by atoms with Crippen LogP contribution in [0, 0.1) is 11.8 Å². The summed E-state index contributed by atoms with van der Waals surface area (Å²) in [4.78, 5) is 39.9. The average Bonchev–Trinajstić information content (AvgIpc) is 3.77. The van der Waals surface area contributed by atoms with E-state index >= 15 is 0 Å². The number of amides is 1. The minimum absolute atomic E-state index is 0.0201. The highest BCUT2D eigenvalue weighted by Gasteiger charge is 2.47. The molecule has 0 radical (unpaired) electrons. The molecule has 12 nitrogen and oxygen atoms in total. The molecule has 266 valence electrons. The molecule has 3 aliphatic heterocycles. The van der Waals surface area contributed by atoms with Gasteiger partial charge in [-0.2, -0.15) is 0 Å². The lowest BCUT2D eigenvalue weighted by Gasteiger charge is -2.38. The predicted octanol–water partition coefficient (Wildman–Crippen LogP) is 3.19. The number of nitrogens with zero attached hydrogens (tertiary/aromatic N) is 1. The number of carbonyl (C=O) groups is 3. The van der Waals surface area contributed by atoms with Gasteiger partial charge in [-0.3, -0.25) is 9.59 Å². The van der Waals surface area contributed by atoms with E-state index in [0.717, 1.165) is 0 Å². The van der Waals surface area contributed by atoms with Gasteiger partial charge in [0.15, 0.2) is 11.7 Å². The quantitative estimate of drug-likeness (QED) is 0.0891. The van der Waals surface area contributed by atoms with Crippen molar-refractivity contribution in [3.8, 4) is 0 Å². The molecular formula is C35H56N2O10. The number of aliphatic hydroxyl groups excluding tert-OH is 2. The molecule has 3 heterocycles. The number of ether oxygens (including phenoxy) is 4. The molecule has 0 aliphatic carbocycles. The fraction of sp³-hybridized carbons (Fsp3) is 0.743. The maximum Gasteiger partial charge on any atom is 0.410 e. The van der Waals surface area contributed by atoms with Crippen LogP contribution in [0.5, 0.6) is 0 Å². The third-order valence-corrected chi connectivity index (χ3v) is 9.33. The van der Waals surface area contributed by atoms with E-state index < -0.39 is 59.6 Å². The molecule has 0 aromatic rings. The van der Waals surface area contributed by atoms with E-state index in [0.29, 0.717) is 44.6 Å². The predicted molar refractivity (Wildman–Crippen MR) is 175 cm³/mol. The van der Waals surface area contributed by atoms with Gasteiger partial charge < -0.3 is 44.5 Å². The highest BCUT2D eigenvalue weighted by molar-refractivity contribution is 5.71.